The smallest absolute Gasteiger partial charge is 0.228 e. The molecule has 4 heteroatoms. The Bertz CT molecular complexity index is 299. The second kappa shape index (κ2) is 4.25. The Hall–Kier alpha value is -0.610. The number of carbonyl (C=O) groups is 1. The predicted octanol–water partition coefficient (Wildman–Crippen LogP) is 0.605. The molecule has 4 nitrogen and oxygen atoms in total. The van der Waals surface area contributed by atoms with Crippen LogP contribution in [0.3, 0.4) is 0 Å². The van der Waals surface area contributed by atoms with Gasteiger partial charge in [0.25, 0.3) is 0 Å². The number of rotatable bonds is 2. The highest BCUT2D eigenvalue weighted by Gasteiger charge is 2.46. The van der Waals surface area contributed by atoms with E-state index in [1.54, 1.807) is 11.8 Å². The third-order valence-corrected chi connectivity index (χ3v) is 4.22. The van der Waals surface area contributed by atoms with Crippen LogP contribution in [0, 0.1) is 11.3 Å². The maximum Gasteiger partial charge on any atom is 0.228 e. The van der Waals surface area contributed by atoms with E-state index >= 15 is 0 Å². The van der Waals surface area contributed by atoms with Crippen molar-refractivity contribution in [1.29, 1.82) is 0 Å². The lowest BCUT2D eigenvalue weighted by Gasteiger charge is -2.49. The molecule has 17 heavy (non-hydrogen) atoms. The number of hydrogen-bond donors (Lipinski definition) is 2. The van der Waals surface area contributed by atoms with Crippen LogP contribution in [-0.4, -0.2) is 47.7 Å². The molecule has 2 N–H and O–H groups in total. The number of likely N-dealkylation sites (tertiary alicyclic amines) is 1. The number of β-amino-alcohol motifs (C(OH)–C–C–N with tert-alkyl or cyclic N) is 1. The summed E-state index contributed by atoms with van der Waals surface area (Å²) in [6, 6.07) is 0. The molecular formula is C13H24N2O2. The Morgan fingerprint density at radius 1 is 1.47 bits per heavy atom. The van der Waals surface area contributed by atoms with Gasteiger partial charge in [-0.2, -0.15) is 0 Å². The molecule has 0 spiro atoms. The Labute approximate surface area is 103 Å². The van der Waals surface area contributed by atoms with Crippen LogP contribution in [-0.2, 0) is 4.79 Å². The molecule has 1 atom stereocenters. The third-order valence-electron chi connectivity index (χ3n) is 4.22. The molecule has 1 unspecified atom stereocenters. The molecule has 0 saturated carbocycles. The highest BCUT2D eigenvalue weighted by atomic mass is 16.3. The van der Waals surface area contributed by atoms with Crippen LogP contribution in [0.1, 0.15) is 33.6 Å². The summed E-state index contributed by atoms with van der Waals surface area (Å²) in [4.78, 5) is 14.2. The first kappa shape index (κ1) is 12.8. The standard InChI is InChI=1S/C13H24N2O2/c1-12(2,10-5-4-6-14-7-10)11(16)15-8-13(3,17)9-15/h10,14,17H,4-9H2,1-3H3. The Morgan fingerprint density at radius 2 is 2.12 bits per heavy atom. The average Bonchev–Trinajstić information content (AvgIpc) is 2.26. The van der Waals surface area contributed by atoms with E-state index in [0.717, 1.165) is 25.9 Å². The summed E-state index contributed by atoms with van der Waals surface area (Å²) >= 11 is 0. The second-order valence-corrected chi connectivity index (χ2v) is 6.42. The first-order chi connectivity index (χ1) is 7.83. The highest BCUT2D eigenvalue weighted by Crippen LogP contribution is 2.36. The minimum atomic E-state index is -0.670. The first-order valence-corrected chi connectivity index (χ1v) is 6.55. The van der Waals surface area contributed by atoms with Crippen molar-refractivity contribution >= 4 is 5.91 Å². The van der Waals surface area contributed by atoms with E-state index < -0.39 is 5.60 Å². The minimum absolute atomic E-state index is 0.192. The molecule has 2 aliphatic heterocycles. The molecule has 0 aromatic carbocycles. The monoisotopic (exact) mass is 240 g/mol. The van der Waals surface area contributed by atoms with Gasteiger partial charge in [-0.25, -0.2) is 0 Å². The van der Waals surface area contributed by atoms with Crippen molar-refractivity contribution in [1.82, 2.24) is 10.2 Å². The van der Waals surface area contributed by atoms with E-state index in [-0.39, 0.29) is 11.3 Å². The summed E-state index contributed by atoms with van der Waals surface area (Å²) in [6.07, 6.45) is 2.27. The zero-order valence-corrected chi connectivity index (χ0v) is 11.1. The molecule has 2 fully saturated rings. The molecule has 0 radical (unpaired) electrons. The average molecular weight is 240 g/mol. The van der Waals surface area contributed by atoms with Crippen LogP contribution < -0.4 is 5.32 Å². The van der Waals surface area contributed by atoms with Crippen LogP contribution in [0.25, 0.3) is 0 Å². The summed E-state index contributed by atoms with van der Waals surface area (Å²) in [6.45, 7) is 8.83. The van der Waals surface area contributed by atoms with Gasteiger partial charge in [-0.3, -0.25) is 4.79 Å². The SMILES string of the molecule is CC1(O)CN(C(=O)C(C)(C)C2CCCNC2)C1. The second-order valence-electron chi connectivity index (χ2n) is 6.42. The lowest BCUT2D eigenvalue weighted by Crippen LogP contribution is -2.65. The van der Waals surface area contributed by atoms with Gasteiger partial charge in [0, 0.05) is 5.41 Å². The zero-order chi connectivity index (χ0) is 12.7. The maximum absolute atomic E-state index is 12.4. The molecule has 0 aromatic heterocycles. The van der Waals surface area contributed by atoms with Crippen molar-refractivity contribution in [3.05, 3.63) is 0 Å². The van der Waals surface area contributed by atoms with Gasteiger partial charge in [0.15, 0.2) is 0 Å². The molecule has 2 rings (SSSR count). The summed E-state index contributed by atoms with van der Waals surface area (Å²) < 4.78 is 0. The molecule has 0 bridgehead atoms. The summed E-state index contributed by atoms with van der Waals surface area (Å²) in [5.74, 6) is 0.604. The molecule has 1 amide bonds. The number of hydrogen-bond acceptors (Lipinski definition) is 3. The largest absolute Gasteiger partial charge is 0.386 e. The van der Waals surface area contributed by atoms with Gasteiger partial charge >= 0.3 is 0 Å². The summed E-state index contributed by atoms with van der Waals surface area (Å²) in [7, 11) is 0. The van der Waals surface area contributed by atoms with Crippen LogP contribution in [0.2, 0.25) is 0 Å². The van der Waals surface area contributed by atoms with Crippen LogP contribution in [0.4, 0.5) is 0 Å². The lowest BCUT2D eigenvalue weighted by atomic mass is 9.73. The third kappa shape index (κ3) is 2.47. The van der Waals surface area contributed by atoms with Gasteiger partial charge in [0.2, 0.25) is 5.91 Å². The predicted molar refractivity (Wildman–Crippen MR) is 66.6 cm³/mol. The molecule has 98 valence electrons. The van der Waals surface area contributed by atoms with Gasteiger partial charge in [-0.15, -0.1) is 0 Å². The molecular weight excluding hydrogens is 216 g/mol. The van der Waals surface area contributed by atoms with Crippen LogP contribution >= 0.6 is 0 Å². The molecule has 2 saturated heterocycles. The van der Waals surface area contributed by atoms with Crippen molar-refractivity contribution in [3.63, 3.8) is 0 Å². The van der Waals surface area contributed by atoms with Crippen LogP contribution in [0.5, 0.6) is 0 Å². The Kier molecular flexibility index (Phi) is 3.21. The minimum Gasteiger partial charge on any atom is -0.386 e. The van der Waals surface area contributed by atoms with E-state index in [4.69, 9.17) is 0 Å². The summed E-state index contributed by atoms with van der Waals surface area (Å²) in [5.41, 5.74) is -0.986. The van der Waals surface area contributed by atoms with E-state index in [1.165, 1.54) is 0 Å². The van der Waals surface area contributed by atoms with E-state index in [1.807, 2.05) is 13.8 Å². The molecule has 0 aromatic rings. The van der Waals surface area contributed by atoms with Gasteiger partial charge in [0.05, 0.1) is 18.7 Å². The number of nitrogens with one attached hydrogen (secondary N) is 1. The van der Waals surface area contributed by atoms with Crippen molar-refractivity contribution in [3.8, 4) is 0 Å². The van der Waals surface area contributed by atoms with Gasteiger partial charge in [-0.05, 0) is 38.8 Å². The van der Waals surface area contributed by atoms with Crippen molar-refractivity contribution in [2.75, 3.05) is 26.2 Å². The normalized spacial score (nSPS) is 28.7. The van der Waals surface area contributed by atoms with E-state index in [9.17, 15) is 9.90 Å². The number of nitrogens with zero attached hydrogens (tertiary/aromatic N) is 1. The lowest BCUT2D eigenvalue weighted by molar-refractivity contribution is -0.164. The van der Waals surface area contributed by atoms with Gasteiger partial charge in [-0.1, -0.05) is 13.8 Å². The van der Waals surface area contributed by atoms with Crippen LogP contribution in [0.15, 0.2) is 0 Å². The van der Waals surface area contributed by atoms with Crippen molar-refractivity contribution < 1.29 is 9.90 Å². The number of piperidine rings is 1. The highest BCUT2D eigenvalue weighted by molar-refractivity contribution is 5.83. The van der Waals surface area contributed by atoms with E-state index in [2.05, 4.69) is 5.32 Å². The van der Waals surface area contributed by atoms with Crippen molar-refractivity contribution in [2.45, 2.75) is 39.2 Å². The van der Waals surface area contributed by atoms with Crippen molar-refractivity contribution in [2.24, 2.45) is 11.3 Å². The van der Waals surface area contributed by atoms with Gasteiger partial charge < -0.3 is 15.3 Å². The fourth-order valence-electron chi connectivity index (χ4n) is 2.97. The number of aliphatic hydroxyl groups is 1. The maximum atomic E-state index is 12.4. The Balaban J connectivity index is 1.97. The number of amides is 1. The molecule has 2 aliphatic rings. The Morgan fingerprint density at radius 3 is 2.59 bits per heavy atom. The zero-order valence-electron chi connectivity index (χ0n) is 11.1. The van der Waals surface area contributed by atoms with Gasteiger partial charge in [0.1, 0.15) is 0 Å². The molecule has 2 heterocycles. The quantitative estimate of drug-likeness (QED) is 0.743. The number of carbonyl (C=O) groups excluding carboxylic acids is 1. The summed E-state index contributed by atoms with van der Waals surface area (Å²) in [5, 5.41) is 13.1. The first-order valence-electron chi connectivity index (χ1n) is 6.55. The fourth-order valence-corrected chi connectivity index (χ4v) is 2.97. The fraction of sp³-hybridized carbons (Fsp3) is 0.923. The molecule has 0 aliphatic carbocycles. The topological polar surface area (TPSA) is 52.6 Å². The van der Waals surface area contributed by atoms with E-state index in [0.29, 0.717) is 19.0 Å².